The molecule has 0 radical (unpaired) electrons. The minimum atomic E-state index is -1.59. The maximum atomic E-state index is 12.8. The van der Waals surface area contributed by atoms with Crippen LogP contribution in [0.1, 0.15) is 6.92 Å². The van der Waals surface area contributed by atoms with Gasteiger partial charge in [-0.05, 0) is 31.2 Å². The van der Waals surface area contributed by atoms with E-state index in [4.69, 9.17) is 23.4 Å². The summed E-state index contributed by atoms with van der Waals surface area (Å²) >= 11 is 0. The molecule has 10 nitrogen and oxygen atoms in total. The summed E-state index contributed by atoms with van der Waals surface area (Å²) in [5.41, 5.74) is 0.0932. The summed E-state index contributed by atoms with van der Waals surface area (Å²) in [4.78, 5) is 12.8. The second-order valence-electron chi connectivity index (χ2n) is 7.63. The first kappa shape index (κ1) is 22.9. The Kier molecular flexibility index (Phi) is 6.17. The second kappa shape index (κ2) is 8.91. The first-order chi connectivity index (χ1) is 15.7. The third-order valence-electron chi connectivity index (χ3n) is 5.54. The zero-order valence-electron chi connectivity index (χ0n) is 18.1. The van der Waals surface area contributed by atoms with Crippen molar-refractivity contribution >= 4 is 11.0 Å². The summed E-state index contributed by atoms with van der Waals surface area (Å²) in [5, 5.41) is 40.8. The van der Waals surface area contributed by atoms with Gasteiger partial charge in [-0.25, -0.2) is 0 Å². The smallest absolute Gasteiger partial charge is 0.229 e. The molecule has 0 saturated carbocycles. The minimum Gasteiger partial charge on any atom is -0.504 e. The lowest BCUT2D eigenvalue weighted by molar-refractivity contribution is -0.268. The number of ether oxygens (including phenoxy) is 4. The van der Waals surface area contributed by atoms with E-state index in [0.29, 0.717) is 11.3 Å². The van der Waals surface area contributed by atoms with Gasteiger partial charge in [0.25, 0.3) is 0 Å². The third-order valence-corrected chi connectivity index (χ3v) is 5.54. The fraction of sp³-hybridized carbons (Fsp3) is 0.348. The molecule has 0 unspecified atom stereocenters. The molecule has 5 atom stereocenters. The number of benzene rings is 2. The van der Waals surface area contributed by atoms with E-state index in [2.05, 4.69) is 0 Å². The molecular weight excluding hydrogens is 436 g/mol. The van der Waals surface area contributed by atoms with E-state index in [9.17, 15) is 25.2 Å². The molecule has 0 aliphatic carbocycles. The lowest BCUT2D eigenvalue weighted by Gasteiger charge is -2.39. The molecule has 0 amide bonds. The van der Waals surface area contributed by atoms with E-state index in [-0.39, 0.29) is 28.2 Å². The van der Waals surface area contributed by atoms with Crippen LogP contribution in [0.15, 0.2) is 45.6 Å². The van der Waals surface area contributed by atoms with Gasteiger partial charge in [-0.15, -0.1) is 0 Å². The Bertz CT molecular complexity index is 1200. The van der Waals surface area contributed by atoms with Crippen molar-refractivity contribution in [3.63, 3.8) is 0 Å². The van der Waals surface area contributed by atoms with Crippen molar-refractivity contribution in [2.45, 2.75) is 37.6 Å². The maximum Gasteiger partial charge on any atom is 0.229 e. The molecule has 2 heterocycles. The maximum absolute atomic E-state index is 12.8. The Morgan fingerprint density at radius 1 is 0.939 bits per heavy atom. The summed E-state index contributed by atoms with van der Waals surface area (Å²) in [6.45, 7) is 1.51. The van der Waals surface area contributed by atoms with Gasteiger partial charge in [-0.3, -0.25) is 4.79 Å². The molecule has 2 aromatic carbocycles. The van der Waals surface area contributed by atoms with Crippen molar-refractivity contribution in [1.82, 2.24) is 0 Å². The van der Waals surface area contributed by atoms with Gasteiger partial charge in [0.1, 0.15) is 40.8 Å². The predicted molar refractivity (Wildman–Crippen MR) is 116 cm³/mol. The van der Waals surface area contributed by atoms with Gasteiger partial charge in [0.05, 0.1) is 20.3 Å². The standard InChI is InChI=1S/C23H24O10/c1-10-18(25)20(27)21(28)23(31-10)33-16-9-15-17(19(26)22(16)30-3)13(24)8-14(32-15)11-4-6-12(29-2)7-5-11/h4-10,18,20-21,23,25-28H,1-3H3/t10-,18-,20+,21+,23-/m0/s1. The number of hydrogen-bond acceptors (Lipinski definition) is 10. The fourth-order valence-corrected chi connectivity index (χ4v) is 3.68. The van der Waals surface area contributed by atoms with Crippen LogP contribution in [0.5, 0.6) is 23.0 Å². The number of hydrogen-bond donors (Lipinski definition) is 4. The summed E-state index contributed by atoms with van der Waals surface area (Å²) < 4.78 is 27.3. The van der Waals surface area contributed by atoms with Crippen molar-refractivity contribution in [3.8, 4) is 34.3 Å². The van der Waals surface area contributed by atoms with Crippen molar-refractivity contribution < 1.29 is 43.8 Å². The largest absolute Gasteiger partial charge is 0.504 e. The lowest BCUT2D eigenvalue weighted by atomic mass is 10.00. The van der Waals surface area contributed by atoms with Crippen LogP contribution >= 0.6 is 0 Å². The Morgan fingerprint density at radius 2 is 1.64 bits per heavy atom. The van der Waals surface area contributed by atoms with E-state index >= 15 is 0 Å². The lowest BCUT2D eigenvalue weighted by Crippen LogP contribution is -2.58. The molecule has 1 aliphatic rings. The summed E-state index contributed by atoms with van der Waals surface area (Å²) in [6.07, 6.45) is -6.64. The van der Waals surface area contributed by atoms with Crippen LogP contribution < -0.4 is 19.6 Å². The van der Waals surface area contributed by atoms with Crippen LogP contribution in [0.25, 0.3) is 22.3 Å². The second-order valence-corrected chi connectivity index (χ2v) is 7.63. The van der Waals surface area contributed by atoms with Gasteiger partial charge >= 0.3 is 0 Å². The Morgan fingerprint density at radius 3 is 2.27 bits per heavy atom. The molecule has 4 rings (SSSR count). The zero-order chi connectivity index (χ0) is 23.9. The average molecular weight is 460 g/mol. The van der Waals surface area contributed by atoms with Gasteiger partial charge in [0, 0.05) is 17.7 Å². The normalized spacial score (nSPS) is 25.1. The number of phenolic OH excluding ortho intramolecular Hbond substituents is 1. The average Bonchev–Trinajstić information content (AvgIpc) is 2.81. The molecule has 1 fully saturated rings. The number of phenols is 1. The molecule has 3 aromatic rings. The highest BCUT2D eigenvalue weighted by Gasteiger charge is 2.43. The molecule has 10 heteroatoms. The highest BCUT2D eigenvalue weighted by Crippen LogP contribution is 2.43. The van der Waals surface area contributed by atoms with Crippen molar-refractivity contribution in [2.75, 3.05) is 14.2 Å². The van der Waals surface area contributed by atoms with Gasteiger partial charge in [0.15, 0.2) is 16.9 Å². The van der Waals surface area contributed by atoms with Gasteiger partial charge in [-0.2, -0.15) is 0 Å². The monoisotopic (exact) mass is 460 g/mol. The molecule has 33 heavy (non-hydrogen) atoms. The first-order valence-corrected chi connectivity index (χ1v) is 10.1. The van der Waals surface area contributed by atoms with E-state index in [1.165, 1.54) is 33.3 Å². The number of methoxy groups -OCH3 is 2. The number of fused-ring (bicyclic) bond motifs is 1. The van der Waals surface area contributed by atoms with Gasteiger partial charge in [0.2, 0.25) is 12.0 Å². The van der Waals surface area contributed by atoms with Crippen LogP contribution in [0.3, 0.4) is 0 Å². The molecule has 0 spiro atoms. The molecule has 4 N–H and O–H groups in total. The highest BCUT2D eigenvalue weighted by molar-refractivity contribution is 5.89. The molecular formula is C23H24O10. The van der Waals surface area contributed by atoms with Crippen LogP contribution in [-0.4, -0.2) is 65.4 Å². The molecule has 176 valence electrons. The van der Waals surface area contributed by atoms with E-state index in [0.717, 1.165) is 0 Å². The Labute approximate surface area is 188 Å². The zero-order valence-corrected chi connectivity index (χ0v) is 18.1. The summed E-state index contributed by atoms with van der Waals surface area (Å²) in [6, 6.07) is 9.41. The van der Waals surface area contributed by atoms with E-state index in [1.807, 2.05) is 0 Å². The Balaban J connectivity index is 1.79. The molecule has 1 aromatic heterocycles. The SMILES string of the molecule is COc1ccc(-c2cc(=O)c3c(O)c(OC)c(O[C@@H]4O[C@@H](C)[C@H](O)[C@@H](O)[C@H]4O)cc3o2)cc1. The summed E-state index contributed by atoms with van der Waals surface area (Å²) in [5.74, 6) is 0.0757. The highest BCUT2D eigenvalue weighted by atomic mass is 16.7. The van der Waals surface area contributed by atoms with Crippen LogP contribution in [0, 0.1) is 0 Å². The van der Waals surface area contributed by atoms with Gasteiger partial charge < -0.3 is 43.8 Å². The summed E-state index contributed by atoms with van der Waals surface area (Å²) in [7, 11) is 2.80. The van der Waals surface area contributed by atoms with Crippen molar-refractivity contribution in [2.24, 2.45) is 0 Å². The molecule has 1 saturated heterocycles. The van der Waals surface area contributed by atoms with Gasteiger partial charge in [-0.1, -0.05) is 0 Å². The minimum absolute atomic E-state index is 0.000508. The number of aromatic hydroxyl groups is 1. The predicted octanol–water partition coefficient (Wildman–Crippen LogP) is 1.39. The number of aliphatic hydroxyl groups excluding tert-OH is 3. The fourth-order valence-electron chi connectivity index (χ4n) is 3.68. The molecule has 1 aliphatic heterocycles. The van der Waals surface area contributed by atoms with E-state index in [1.54, 1.807) is 24.3 Å². The van der Waals surface area contributed by atoms with Crippen LogP contribution in [0.4, 0.5) is 0 Å². The van der Waals surface area contributed by atoms with Crippen LogP contribution in [-0.2, 0) is 4.74 Å². The van der Waals surface area contributed by atoms with Crippen molar-refractivity contribution in [1.29, 1.82) is 0 Å². The topological polar surface area (TPSA) is 148 Å². The van der Waals surface area contributed by atoms with Crippen LogP contribution in [0.2, 0.25) is 0 Å². The quantitative estimate of drug-likeness (QED) is 0.440. The molecule has 0 bridgehead atoms. The third kappa shape index (κ3) is 4.09. The Hall–Kier alpha value is -3.31. The first-order valence-electron chi connectivity index (χ1n) is 10.1. The van der Waals surface area contributed by atoms with Crippen molar-refractivity contribution in [3.05, 3.63) is 46.6 Å². The number of aliphatic hydroxyl groups is 3. The number of rotatable bonds is 5. The van der Waals surface area contributed by atoms with E-state index < -0.39 is 41.9 Å².